The molecule has 0 bridgehead atoms. The largest absolute Gasteiger partial charge is 0.394 e. The Bertz CT molecular complexity index is 269. The zero-order chi connectivity index (χ0) is 14.9. The van der Waals surface area contributed by atoms with Crippen molar-refractivity contribution in [1.82, 2.24) is 0 Å². The van der Waals surface area contributed by atoms with Crippen LogP contribution in [-0.2, 0) is 9.59 Å². The van der Waals surface area contributed by atoms with Crippen LogP contribution >= 0.6 is 0 Å². The molecule has 0 saturated carbocycles. The third-order valence-electron chi connectivity index (χ3n) is 1.84. The number of carbonyl (C=O) groups excluding carboxylic acids is 2. The lowest BCUT2D eigenvalue weighted by Gasteiger charge is -2.22. The molecule has 0 unspecified atom stereocenters. The number of aliphatic hydroxyl groups excluding tert-OH is 5. The summed E-state index contributed by atoms with van der Waals surface area (Å²) in [6, 6.07) is 0. The highest BCUT2D eigenvalue weighted by Gasteiger charge is 2.29. The second-order valence-corrected chi connectivity index (χ2v) is 3.50. The van der Waals surface area contributed by atoms with E-state index in [4.69, 9.17) is 31.3 Å². The van der Waals surface area contributed by atoms with Crippen molar-refractivity contribution in [3.8, 4) is 0 Å². The predicted octanol–water partition coefficient (Wildman–Crippen LogP) is -3.33. The topological polar surface area (TPSA) is 161 Å². The normalized spacial score (nSPS) is 16.6. The molecule has 0 rings (SSSR count). The van der Waals surface area contributed by atoms with Gasteiger partial charge in [-0.1, -0.05) is 6.58 Å². The smallest absolute Gasteiger partial charge is 0.243 e. The van der Waals surface area contributed by atoms with Gasteiger partial charge in [0.25, 0.3) is 0 Å². The van der Waals surface area contributed by atoms with E-state index in [1.807, 2.05) is 0 Å². The Morgan fingerprint density at radius 2 is 1.67 bits per heavy atom. The maximum absolute atomic E-state index is 9.90. The molecule has 0 fully saturated rings. The molecule has 0 heterocycles. The van der Waals surface area contributed by atoms with Crippen LogP contribution in [0.15, 0.2) is 12.2 Å². The summed E-state index contributed by atoms with van der Waals surface area (Å²) in [5, 5.41) is 43.5. The number of aliphatic hydroxyl groups is 5. The summed E-state index contributed by atoms with van der Waals surface area (Å²) in [6.07, 6.45) is -6.84. The van der Waals surface area contributed by atoms with E-state index in [2.05, 4.69) is 6.58 Å². The molecule has 7 N–H and O–H groups in total. The number of hydrogen-bond donors (Lipinski definition) is 6. The van der Waals surface area contributed by atoms with Crippen molar-refractivity contribution in [3.05, 3.63) is 12.2 Å². The van der Waals surface area contributed by atoms with Crippen LogP contribution in [0.1, 0.15) is 6.92 Å². The van der Waals surface area contributed by atoms with Crippen LogP contribution in [-0.4, -0.2) is 68.7 Å². The monoisotopic (exact) mass is 265 g/mol. The summed E-state index contributed by atoms with van der Waals surface area (Å²) in [6.45, 7) is 4.09. The van der Waals surface area contributed by atoms with Gasteiger partial charge in [-0.25, -0.2) is 0 Å². The molecule has 0 aromatic rings. The molecule has 18 heavy (non-hydrogen) atoms. The predicted molar refractivity (Wildman–Crippen MR) is 61.2 cm³/mol. The van der Waals surface area contributed by atoms with E-state index in [0.29, 0.717) is 5.57 Å². The average Bonchev–Trinajstić information content (AvgIpc) is 2.35. The summed E-state index contributed by atoms with van der Waals surface area (Å²) in [5.41, 5.74) is 5.09. The van der Waals surface area contributed by atoms with E-state index in [1.54, 1.807) is 6.92 Å². The van der Waals surface area contributed by atoms with Crippen LogP contribution in [0, 0.1) is 0 Å². The minimum Gasteiger partial charge on any atom is -0.394 e. The Hall–Kier alpha value is -1.32. The van der Waals surface area contributed by atoms with Gasteiger partial charge in [0, 0.05) is 5.57 Å². The number of nitrogens with two attached hydrogens (primary N) is 1. The molecular weight excluding hydrogens is 246 g/mol. The molecular formula is C10H19NO7. The van der Waals surface area contributed by atoms with E-state index < -0.39 is 36.9 Å². The molecule has 0 saturated heterocycles. The molecule has 0 aliphatic heterocycles. The van der Waals surface area contributed by atoms with E-state index in [-0.39, 0.29) is 6.29 Å². The van der Waals surface area contributed by atoms with Crippen molar-refractivity contribution in [2.75, 3.05) is 6.61 Å². The Morgan fingerprint density at radius 3 is 1.89 bits per heavy atom. The first kappa shape index (κ1) is 19.0. The number of aldehydes is 1. The van der Waals surface area contributed by atoms with Gasteiger partial charge in [0.1, 0.15) is 24.4 Å². The van der Waals surface area contributed by atoms with Gasteiger partial charge >= 0.3 is 0 Å². The summed E-state index contributed by atoms with van der Waals surface area (Å²) < 4.78 is 0. The Balaban J connectivity index is 0. The van der Waals surface area contributed by atoms with Crippen molar-refractivity contribution < 1.29 is 35.1 Å². The number of hydrogen-bond acceptors (Lipinski definition) is 7. The molecule has 8 nitrogen and oxygen atoms in total. The summed E-state index contributed by atoms with van der Waals surface area (Å²) in [4.78, 5) is 19.7. The van der Waals surface area contributed by atoms with Gasteiger partial charge in [0.2, 0.25) is 5.91 Å². The molecule has 0 aromatic heterocycles. The summed E-state index contributed by atoms with van der Waals surface area (Å²) >= 11 is 0. The lowest BCUT2D eigenvalue weighted by Crippen LogP contribution is -2.46. The van der Waals surface area contributed by atoms with Crippen LogP contribution in [0.3, 0.4) is 0 Å². The van der Waals surface area contributed by atoms with Crippen LogP contribution < -0.4 is 5.73 Å². The number of amides is 1. The lowest BCUT2D eigenvalue weighted by atomic mass is 10.0. The minimum atomic E-state index is -1.79. The zero-order valence-corrected chi connectivity index (χ0v) is 9.93. The number of primary amides is 1. The lowest BCUT2D eigenvalue weighted by molar-refractivity contribution is -0.136. The standard InChI is InChI=1S/C6H12O6.C4H7NO/c7-1-3(9)5(11)6(12)4(10)2-8;1-3(2)4(5)6/h1,3-6,8-12H,2H2;1H2,2H3,(H2,5,6)/t3-,4+,5-,6-;/m0./s1. The van der Waals surface area contributed by atoms with Crippen molar-refractivity contribution in [3.63, 3.8) is 0 Å². The summed E-state index contributed by atoms with van der Waals surface area (Å²) in [7, 11) is 0. The first-order valence-electron chi connectivity index (χ1n) is 4.92. The quantitative estimate of drug-likeness (QED) is 0.216. The maximum Gasteiger partial charge on any atom is 0.243 e. The van der Waals surface area contributed by atoms with E-state index in [9.17, 15) is 9.59 Å². The van der Waals surface area contributed by atoms with Gasteiger partial charge in [0.05, 0.1) is 6.61 Å². The highest BCUT2D eigenvalue weighted by Crippen LogP contribution is 2.02. The van der Waals surface area contributed by atoms with Gasteiger partial charge in [-0.15, -0.1) is 0 Å². The molecule has 4 atom stereocenters. The van der Waals surface area contributed by atoms with Crippen LogP contribution in [0.5, 0.6) is 0 Å². The highest BCUT2D eigenvalue weighted by atomic mass is 16.4. The van der Waals surface area contributed by atoms with Crippen LogP contribution in [0.4, 0.5) is 0 Å². The van der Waals surface area contributed by atoms with Crippen LogP contribution in [0.25, 0.3) is 0 Å². The van der Waals surface area contributed by atoms with Gasteiger partial charge in [-0.2, -0.15) is 0 Å². The van der Waals surface area contributed by atoms with Crippen molar-refractivity contribution in [1.29, 1.82) is 0 Å². The van der Waals surface area contributed by atoms with E-state index in [1.165, 1.54) is 0 Å². The van der Waals surface area contributed by atoms with Gasteiger partial charge in [-0.3, -0.25) is 4.79 Å². The third kappa shape index (κ3) is 7.87. The fourth-order valence-corrected chi connectivity index (χ4v) is 0.618. The third-order valence-corrected chi connectivity index (χ3v) is 1.84. The molecule has 106 valence electrons. The number of rotatable bonds is 6. The van der Waals surface area contributed by atoms with E-state index >= 15 is 0 Å². The molecule has 0 aromatic carbocycles. The second kappa shape index (κ2) is 9.68. The number of carbonyl (C=O) groups is 2. The van der Waals surface area contributed by atoms with Crippen molar-refractivity contribution >= 4 is 12.2 Å². The second-order valence-electron chi connectivity index (χ2n) is 3.50. The first-order chi connectivity index (χ1) is 8.18. The molecule has 0 aliphatic carbocycles. The van der Waals surface area contributed by atoms with Gasteiger partial charge in [0.15, 0.2) is 6.29 Å². The Kier molecular flexibility index (Phi) is 10.2. The van der Waals surface area contributed by atoms with Gasteiger partial charge in [-0.05, 0) is 6.92 Å². The maximum atomic E-state index is 9.90. The Labute approximate surface area is 104 Å². The molecule has 8 heteroatoms. The summed E-state index contributed by atoms with van der Waals surface area (Å²) in [5.74, 6) is -0.435. The first-order valence-corrected chi connectivity index (χ1v) is 4.92. The fraction of sp³-hybridized carbons (Fsp3) is 0.600. The average molecular weight is 265 g/mol. The molecule has 0 radical (unpaired) electrons. The fourth-order valence-electron chi connectivity index (χ4n) is 0.618. The highest BCUT2D eigenvalue weighted by molar-refractivity contribution is 5.90. The SMILES string of the molecule is C=C(C)C(N)=O.O=C[C@H](O)[C@H](O)[C@@H](O)[C@H](O)CO. The van der Waals surface area contributed by atoms with Crippen molar-refractivity contribution in [2.24, 2.45) is 5.73 Å². The van der Waals surface area contributed by atoms with Crippen molar-refractivity contribution in [2.45, 2.75) is 31.3 Å². The Morgan fingerprint density at radius 1 is 1.28 bits per heavy atom. The van der Waals surface area contributed by atoms with Crippen LogP contribution in [0.2, 0.25) is 0 Å². The molecule has 0 spiro atoms. The molecule has 1 amide bonds. The minimum absolute atomic E-state index is 0.0258. The molecule has 0 aliphatic rings. The zero-order valence-electron chi connectivity index (χ0n) is 9.93. The van der Waals surface area contributed by atoms with Gasteiger partial charge < -0.3 is 36.1 Å². The van der Waals surface area contributed by atoms with E-state index in [0.717, 1.165) is 0 Å².